The Morgan fingerprint density at radius 3 is 2.62 bits per heavy atom. The highest BCUT2D eigenvalue weighted by Gasteiger charge is 2.04. The van der Waals surface area contributed by atoms with E-state index in [1.54, 1.807) is 0 Å². The van der Waals surface area contributed by atoms with Gasteiger partial charge in [-0.05, 0) is 6.42 Å². The molecular formula is C12H21NO3. The predicted octanol–water partition coefficient (Wildman–Crippen LogP) is 0.815. The lowest BCUT2D eigenvalue weighted by molar-refractivity contribution is -0.124. The molecule has 0 aromatic heterocycles. The molecule has 0 rings (SSSR count). The number of rotatable bonds is 9. The number of hydrogen-bond acceptors (Lipinski definition) is 3. The van der Waals surface area contributed by atoms with Crippen molar-refractivity contribution in [1.82, 2.24) is 5.32 Å². The van der Waals surface area contributed by atoms with E-state index in [-0.39, 0.29) is 11.8 Å². The van der Waals surface area contributed by atoms with Crippen molar-refractivity contribution >= 4 is 5.91 Å². The van der Waals surface area contributed by atoms with E-state index in [2.05, 4.69) is 11.2 Å². The van der Waals surface area contributed by atoms with Gasteiger partial charge in [0.15, 0.2) is 0 Å². The first-order valence-electron chi connectivity index (χ1n) is 5.55. The van der Waals surface area contributed by atoms with E-state index in [9.17, 15) is 4.79 Å². The molecule has 1 N–H and O–H groups in total. The standard InChI is InChI=1S/C12H21NO3/c1-4-7-15-8-5-9-16-10-6-13-12(14)11(2)3/h1,11H,5-10H2,2-3H3,(H,13,14). The fourth-order valence-electron chi connectivity index (χ4n) is 0.947. The van der Waals surface area contributed by atoms with Gasteiger partial charge in [-0.2, -0.15) is 0 Å². The Kier molecular flexibility index (Phi) is 9.78. The molecule has 0 radical (unpaired) electrons. The molecule has 0 aliphatic rings. The van der Waals surface area contributed by atoms with Gasteiger partial charge in [0.1, 0.15) is 6.61 Å². The van der Waals surface area contributed by atoms with Crippen molar-refractivity contribution in [3.63, 3.8) is 0 Å². The molecule has 0 unspecified atom stereocenters. The molecular weight excluding hydrogens is 206 g/mol. The summed E-state index contributed by atoms with van der Waals surface area (Å²) in [5, 5.41) is 2.77. The van der Waals surface area contributed by atoms with Gasteiger partial charge in [-0.3, -0.25) is 4.79 Å². The second-order valence-corrected chi connectivity index (χ2v) is 3.67. The summed E-state index contributed by atoms with van der Waals surface area (Å²) < 4.78 is 10.4. The maximum Gasteiger partial charge on any atom is 0.222 e. The summed E-state index contributed by atoms with van der Waals surface area (Å²) in [6.45, 7) is 6.41. The Hall–Kier alpha value is -1.05. The van der Waals surface area contributed by atoms with Crippen molar-refractivity contribution in [2.75, 3.05) is 33.0 Å². The molecule has 4 heteroatoms. The third-order valence-electron chi connectivity index (χ3n) is 1.83. The largest absolute Gasteiger partial charge is 0.380 e. The van der Waals surface area contributed by atoms with Gasteiger partial charge in [-0.15, -0.1) is 6.42 Å². The molecule has 1 amide bonds. The normalized spacial score (nSPS) is 10.1. The van der Waals surface area contributed by atoms with Crippen LogP contribution in [0.25, 0.3) is 0 Å². The molecule has 0 fully saturated rings. The lowest BCUT2D eigenvalue weighted by Crippen LogP contribution is -2.30. The van der Waals surface area contributed by atoms with Crippen molar-refractivity contribution in [2.24, 2.45) is 5.92 Å². The minimum Gasteiger partial charge on any atom is -0.380 e. The highest BCUT2D eigenvalue weighted by Crippen LogP contribution is 1.90. The molecule has 0 bridgehead atoms. The average Bonchev–Trinajstić information content (AvgIpc) is 2.26. The van der Waals surface area contributed by atoms with Crippen LogP contribution in [0, 0.1) is 18.3 Å². The van der Waals surface area contributed by atoms with Crippen molar-refractivity contribution in [1.29, 1.82) is 0 Å². The number of amides is 1. The lowest BCUT2D eigenvalue weighted by Gasteiger charge is -2.08. The van der Waals surface area contributed by atoms with Crippen LogP contribution < -0.4 is 5.32 Å². The van der Waals surface area contributed by atoms with E-state index in [4.69, 9.17) is 15.9 Å². The van der Waals surface area contributed by atoms with Crippen LogP contribution >= 0.6 is 0 Å². The predicted molar refractivity (Wildman–Crippen MR) is 62.9 cm³/mol. The van der Waals surface area contributed by atoms with E-state index in [0.29, 0.717) is 33.0 Å². The van der Waals surface area contributed by atoms with Gasteiger partial charge in [0.2, 0.25) is 5.91 Å². The molecule has 0 aliphatic heterocycles. The maximum absolute atomic E-state index is 11.1. The molecule has 0 saturated carbocycles. The fourth-order valence-corrected chi connectivity index (χ4v) is 0.947. The Labute approximate surface area is 97.7 Å². The molecule has 0 aromatic carbocycles. The Balaban J connectivity index is 3.10. The topological polar surface area (TPSA) is 47.6 Å². The van der Waals surface area contributed by atoms with Crippen LogP contribution in [0.3, 0.4) is 0 Å². The maximum atomic E-state index is 11.1. The Bertz CT molecular complexity index is 221. The van der Waals surface area contributed by atoms with Gasteiger partial charge in [0, 0.05) is 19.1 Å². The first-order chi connectivity index (χ1) is 7.68. The van der Waals surface area contributed by atoms with Crippen LogP contribution in [-0.4, -0.2) is 38.9 Å². The Morgan fingerprint density at radius 1 is 1.31 bits per heavy atom. The molecule has 0 atom stereocenters. The van der Waals surface area contributed by atoms with E-state index in [1.165, 1.54) is 0 Å². The van der Waals surface area contributed by atoms with Crippen LogP contribution in [0.1, 0.15) is 20.3 Å². The monoisotopic (exact) mass is 227 g/mol. The molecule has 0 aliphatic carbocycles. The van der Waals surface area contributed by atoms with Crippen LogP contribution in [0.15, 0.2) is 0 Å². The number of terminal acetylenes is 1. The molecule has 4 nitrogen and oxygen atoms in total. The van der Waals surface area contributed by atoms with Gasteiger partial charge in [-0.1, -0.05) is 19.8 Å². The summed E-state index contributed by atoms with van der Waals surface area (Å²) in [5.41, 5.74) is 0. The smallest absolute Gasteiger partial charge is 0.222 e. The van der Waals surface area contributed by atoms with Gasteiger partial charge in [-0.25, -0.2) is 0 Å². The zero-order valence-electron chi connectivity index (χ0n) is 10.1. The van der Waals surface area contributed by atoms with Crippen molar-refractivity contribution < 1.29 is 14.3 Å². The molecule has 0 heterocycles. The number of carbonyl (C=O) groups is 1. The van der Waals surface area contributed by atoms with Crippen molar-refractivity contribution in [3.05, 3.63) is 0 Å². The molecule has 16 heavy (non-hydrogen) atoms. The first-order valence-corrected chi connectivity index (χ1v) is 5.55. The zero-order chi connectivity index (χ0) is 12.2. The second kappa shape index (κ2) is 10.5. The second-order valence-electron chi connectivity index (χ2n) is 3.67. The summed E-state index contributed by atoms with van der Waals surface area (Å²) in [6, 6.07) is 0. The lowest BCUT2D eigenvalue weighted by atomic mass is 10.2. The van der Waals surface area contributed by atoms with E-state index < -0.39 is 0 Å². The number of carbonyl (C=O) groups excluding carboxylic acids is 1. The molecule has 0 saturated heterocycles. The summed E-state index contributed by atoms with van der Waals surface area (Å²) in [5.74, 6) is 2.47. The van der Waals surface area contributed by atoms with Crippen LogP contribution in [0.4, 0.5) is 0 Å². The summed E-state index contributed by atoms with van der Waals surface area (Å²) in [6.07, 6.45) is 5.83. The van der Waals surface area contributed by atoms with E-state index in [1.807, 2.05) is 13.8 Å². The average molecular weight is 227 g/mol. The van der Waals surface area contributed by atoms with E-state index >= 15 is 0 Å². The third kappa shape index (κ3) is 9.50. The SMILES string of the molecule is C#CCOCCCOCCNC(=O)C(C)C. The minimum atomic E-state index is 0.0252. The minimum absolute atomic E-state index is 0.0252. The molecule has 0 aromatic rings. The highest BCUT2D eigenvalue weighted by atomic mass is 16.5. The van der Waals surface area contributed by atoms with Crippen molar-refractivity contribution in [3.8, 4) is 12.3 Å². The summed E-state index contributed by atoms with van der Waals surface area (Å²) >= 11 is 0. The first kappa shape index (κ1) is 14.9. The number of nitrogens with one attached hydrogen (secondary N) is 1. The van der Waals surface area contributed by atoms with Gasteiger partial charge in [0.25, 0.3) is 0 Å². The zero-order valence-corrected chi connectivity index (χ0v) is 10.1. The fraction of sp³-hybridized carbons (Fsp3) is 0.750. The van der Waals surface area contributed by atoms with Crippen molar-refractivity contribution in [2.45, 2.75) is 20.3 Å². The van der Waals surface area contributed by atoms with Crippen LogP contribution in [0.2, 0.25) is 0 Å². The van der Waals surface area contributed by atoms with E-state index in [0.717, 1.165) is 6.42 Å². The summed E-state index contributed by atoms with van der Waals surface area (Å²) in [4.78, 5) is 11.1. The highest BCUT2D eigenvalue weighted by molar-refractivity contribution is 5.77. The number of ether oxygens (including phenoxy) is 2. The number of hydrogen-bond donors (Lipinski definition) is 1. The Morgan fingerprint density at radius 2 is 2.00 bits per heavy atom. The van der Waals surface area contributed by atoms with Gasteiger partial charge >= 0.3 is 0 Å². The summed E-state index contributed by atoms with van der Waals surface area (Å²) in [7, 11) is 0. The van der Waals surface area contributed by atoms with Crippen LogP contribution in [-0.2, 0) is 14.3 Å². The van der Waals surface area contributed by atoms with Gasteiger partial charge < -0.3 is 14.8 Å². The van der Waals surface area contributed by atoms with Crippen LogP contribution in [0.5, 0.6) is 0 Å². The molecule has 0 spiro atoms. The van der Waals surface area contributed by atoms with Gasteiger partial charge in [0.05, 0.1) is 13.2 Å². The molecule has 92 valence electrons. The quantitative estimate of drug-likeness (QED) is 0.468. The third-order valence-corrected chi connectivity index (χ3v) is 1.83.